The Morgan fingerprint density at radius 1 is 0.875 bits per heavy atom. The van der Waals surface area contributed by atoms with Crippen LogP contribution in [0.3, 0.4) is 0 Å². The monoisotopic (exact) mass is 459 g/mol. The molecule has 0 unspecified atom stereocenters. The minimum absolute atomic E-state index is 0.0746. The van der Waals surface area contributed by atoms with Gasteiger partial charge in [0.25, 0.3) is 0 Å². The van der Waals surface area contributed by atoms with E-state index in [1.165, 1.54) is 24.3 Å². The fraction of sp³-hybridized carbons (Fsp3) is 0.208. The van der Waals surface area contributed by atoms with Crippen molar-refractivity contribution in [3.8, 4) is 5.75 Å². The van der Waals surface area contributed by atoms with Gasteiger partial charge < -0.3 is 9.08 Å². The molecule has 8 heteroatoms. The van der Waals surface area contributed by atoms with Crippen LogP contribution >= 0.6 is 0 Å². The van der Waals surface area contributed by atoms with Gasteiger partial charge >= 0.3 is 10.1 Å². The standard InChI is InChI=1S/C24H23F2NO4S/c1-17(2)24(28)27(15-18-6-8-20(25)9-7-18)16-19-4-3-5-22(14-19)31-32(29,30)23-12-10-21(26)11-13-23/h3-14,17H,15-16H2,1-2H3. The number of rotatable bonds is 8. The molecule has 32 heavy (non-hydrogen) atoms. The summed E-state index contributed by atoms with van der Waals surface area (Å²) in [5, 5.41) is 0. The number of carbonyl (C=O) groups is 1. The molecule has 0 aromatic heterocycles. The second-order valence-corrected chi connectivity index (χ2v) is 9.16. The molecule has 0 saturated carbocycles. The van der Waals surface area contributed by atoms with E-state index in [-0.39, 0.29) is 41.4 Å². The summed E-state index contributed by atoms with van der Waals surface area (Å²) in [4.78, 5) is 14.2. The first kappa shape index (κ1) is 23.4. The van der Waals surface area contributed by atoms with Gasteiger partial charge in [0.2, 0.25) is 5.91 Å². The molecular weight excluding hydrogens is 436 g/mol. The Labute approximate surface area is 186 Å². The van der Waals surface area contributed by atoms with Crippen molar-refractivity contribution in [1.29, 1.82) is 0 Å². The van der Waals surface area contributed by atoms with E-state index in [4.69, 9.17) is 4.18 Å². The number of amides is 1. The lowest BCUT2D eigenvalue weighted by Gasteiger charge is -2.25. The molecule has 3 aromatic carbocycles. The van der Waals surface area contributed by atoms with E-state index < -0.39 is 15.9 Å². The topological polar surface area (TPSA) is 63.7 Å². The number of carbonyl (C=O) groups excluding carboxylic acids is 1. The summed E-state index contributed by atoms with van der Waals surface area (Å²) in [6.45, 7) is 4.06. The third-order valence-electron chi connectivity index (χ3n) is 4.67. The van der Waals surface area contributed by atoms with Crippen LogP contribution in [0.1, 0.15) is 25.0 Å². The van der Waals surface area contributed by atoms with Gasteiger partial charge in [-0.2, -0.15) is 8.42 Å². The number of hydrogen-bond donors (Lipinski definition) is 0. The van der Waals surface area contributed by atoms with Crippen LogP contribution in [0.2, 0.25) is 0 Å². The van der Waals surface area contributed by atoms with Crippen molar-refractivity contribution in [1.82, 2.24) is 4.90 Å². The summed E-state index contributed by atoms with van der Waals surface area (Å²) < 4.78 is 56.4. The number of nitrogens with zero attached hydrogens (tertiary/aromatic N) is 1. The maximum atomic E-state index is 13.2. The highest BCUT2D eigenvalue weighted by atomic mass is 32.2. The minimum atomic E-state index is -4.14. The van der Waals surface area contributed by atoms with E-state index in [9.17, 15) is 22.0 Å². The summed E-state index contributed by atoms with van der Waals surface area (Å²) in [6.07, 6.45) is 0. The third kappa shape index (κ3) is 6.13. The van der Waals surface area contributed by atoms with Gasteiger partial charge in [-0.3, -0.25) is 4.79 Å². The van der Waals surface area contributed by atoms with Crippen molar-refractivity contribution < 1.29 is 26.2 Å². The lowest BCUT2D eigenvalue weighted by molar-refractivity contribution is -0.135. The molecule has 0 aliphatic rings. The van der Waals surface area contributed by atoms with Crippen molar-refractivity contribution in [3.05, 3.63) is 95.6 Å². The molecule has 0 spiro atoms. The molecule has 0 aliphatic carbocycles. The fourth-order valence-corrected chi connectivity index (χ4v) is 4.00. The molecular formula is C24H23F2NO4S. The molecule has 0 atom stereocenters. The van der Waals surface area contributed by atoms with Crippen LogP contribution in [0, 0.1) is 17.6 Å². The molecule has 5 nitrogen and oxygen atoms in total. The molecule has 0 heterocycles. The van der Waals surface area contributed by atoms with Gasteiger partial charge in [-0.1, -0.05) is 38.1 Å². The fourth-order valence-electron chi connectivity index (χ4n) is 3.08. The normalized spacial score (nSPS) is 11.4. The van der Waals surface area contributed by atoms with E-state index in [0.717, 1.165) is 29.8 Å². The summed E-state index contributed by atoms with van der Waals surface area (Å²) >= 11 is 0. The van der Waals surface area contributed by atoms with Gasteiger partial charge in [0.05, 0.1) is 0 Å². The smallest absolute Gasteiger partial charge is 0.339 e. The van der Waals surface area contributed by atoms with Crippen molar-refractivity contribution in [2.45, 2.75) is 31.8 Å². The average Bonchev–Trinajstić information content (AvgIpc) is 2.74. The van der Waals surface area contributed by atoms with Gasteiger partial charge in [-0.05, 0) is 59.7 Å². The van der Waals surface area contributed by atoms with Crippen LogP contribution < -0.4 is 4.18 Å². The zero-order chi connectivity index (χ0) is 23.3. The average molecular weight is 460 g/mol. The van der Waals surface area contributed by atoms with Crippen LogP contribution in [-0.4, -0.2) is 19.2 Å². The lowest BCUT2D eigenvalue weighted by atomic mass is 10.1. The summed E-state index contributed by atoms with van der Waals surface area (Å²) in [5.41, 5.74) is 1.43. The van der Waals surface area contributed by atoms with Crippen molar-refractivity contribution in [2.75, 3.05) is 0 Å². The van der Waals surface area contributed by atoms with Crippen LogP contribution in [0.15, 0.2) is 77.7 Å². The highest BCUT2D eigenvalue weighted by Gasteiger charge is 2.20. The van der Waals surface area contributed by atoms with Crippen molar-refractivity contribution in [2.24, 2.45) is 5.92 Å². The predicted molar refractivity (Wildman–Crippen MR) is 116 cm³/mol. The van der Waals surface area contributed by atoms with Crippen molar-refractivity contribution >= 4 is 16.0 Å². The molecule has 0 N–H and O–H groups in total. The number of halogens is 2. The molecule has 0 bridgehead atoms. The van der Waals surface area contributed by atoms with Gasteiger partial charge in [-0.15, -0.1) is 0 Å². The van der Waals surface area contributed by atoms with E-state index in [1.807, 2.05) is 0 Å². The van der Waals surface area contributed by atoms with Gasteiger partial charge in [0.15, 0.2) is 0 Å². The molecule has 3 rings (SSSR count). The highest BCUT2D eigenvalue weighted by molar-refractivity contribution is 7.87. The Hall–Kier alpha value is -3.26. The molecule has 0 fully saturated rings. The summed E-state index contributed by atoms with van der Waals surface area (Å²) in [6, 6.07) is 16.6. The van der Waals surface area contributed by atoms with Crippen molar-refractivity contribution in [3.63, 3.8) is 0 Å². The zero-order valence-electron chi connectivity index (χ0n) is 17.7. The third-order valence-corrected chi connectivity index (χ3v) is 5.93. The molecule has 1 amide bonds. The van der Waals surface area contributed by atoms with E-state index >= 15 is 0 Å². The van der Waals surface area contributed by atoms with Crippen LogP contribution in [-0.2, 0) is 28.0 Å². The largest absolute Gasteiger partial charge is 0.379 e. The maximum absolute atomic E-state index is 13.2. The van der Waals surface area contributed by atoms with E-state index in [0.29, 0.717) is 5.56 Å². The minimum Gasteiger partial charge on any atom is -0.379 e. The Kier molecular flexibility index (Phi) is 7.25. The van der Waals surface area contributed by atoms with E-state index in [2.05, 4.69) is 0 Å². The summed E-state index contributed by atoms with van der Waals surface area (Å²) in [7, 11) is -4.14. The van der Waals surface area contributed by atoms with Crippen LogP contribution in [0.5, 0.6) is 5.75 Å². The number of benzene rings is 3. The van der Waals surface area contributed by atoms with Gasteiger partial charge in [0, 0.05) is 19.0 Å². The van der Waals surface area contributed by atoms with Gasteiger partial charge in [-0.25, -0.2) is 8.78 Å². The Morgan fingerprint density at radius 3 is 2.03 bits per heavy atom. The summed E-state index contributed by atoms with van der Waals surface area (Å²) in [5.74, 6) is -1.19. The first-order valence-corrected chi connectivity index (χ1v) is 11.4. The second-order valence-electron chi connectivity index (χ2n) is 7.61. The second kappa shape index (κ2) is 9.91. The molecule has 0 saturated heterocycles. The molecule has 0 aliphatic heterocycles. The lowest BCUT2D eigenvalue weighted by Crippen LogP contribution is -2.33. The van der Waals surface area contributed by atoms with Gasteiger partial charge in [0.1, 0.15) is 22.3 Å². The Bertz CT molecular complexity index is 1180. The quantitative estimate of drug-likeness (QED) is 0.449. The molecule has 3 aromatic rings. The van der Waals surface area contributed by atoms with E-state index in [1.54, 1.807) is 43.0 Å². The zero-order valence-corrected chi connectivity index (χ0v) is 18.5. The Balaban J connectivity index is 1.80. The SMILES string of the molecule is CC(C)C(=O)N(Cc1ccc(F)cc1)Cc1cccc(OS(=O)(=O)c2ccc(F)cc2)c1. The molecule has 0 radical (unpaired) electrons. The van der Waals surface area contributed by atoms with Crippen LogP contribution in [0.25, 0.3) is 0 Å². The first-order chi connectivity index (χ1) is 15.1. The predicted octanol–water partition coefficient (Wildman–Crippen LogP) is 4.92. The van der Waals surface area contributed by atoms with Crippen LogP contribution in [0.4, 0.5) is 8.78 Å². The number of hydrogen-bond acceptors (Lipinski definition) is 4. The molecule has 168 valence electrons. The first-order valence-electron chi connectivity index (χ1n) is 9.96. The Morgan fingerprint density at radius 2 is 1.44 bits per heavy atom. The highest BCUT2D eigenvalue weighted by Crippen LogP contribution is 2.22. The maximum Gasteiger partial charge on any atom is 0.339 e.